The summed E-state index contributed by atoms with van der Waals surface area (Å²) >= 11 is 0. The average Bonchev–Trinajstić information content (AvgIpc) is 2.39. The normalized spacial score (nSPS) is 28.8. The molecule has 0 radical (unpaired) electrons. The Morgan fingerprint density at radius 3 is 2.17 bits per heavy atom. The van der Waals surface area contributed by atoms with Gasteiger partial charge in [-0.05, 0) is 44.9 Å². The Bertz CT molecular complexity index is 305. The molecule has 2 rings (SSSR count). The van der Waals surface area contributed by atoms with Crippen molar-refractivity contribution in [3.8, 4) is 0 Å². The van der Waals surface area contributed by atoms with Crippen LogP contribution in [0.1, 0.15) is 44.9 Å². The second-order valence-electron chi connectivity index (χ2n) is 5.38. The van der Waals surface area contributed by atoms with Crippen molar-refractivity contribution >= 4 is 12.0 Å². The summed E-state index contributed by atoms with van der Waals surface area (Å²) in [4.78, 5) is 24.8. The summed E-state index contributed by atoms with van der Waals surface area (Å²) in [7, 11) is 0. The summed E-state index contributed by atoms with van der Waals surface area (Å²) in [5.41, 5.74) is 0. The van der Waals surface area contributed by atoms with Gasteiger partial charge in [0.05, 0.1) is 0 Å². The van der Waals surface area contributed by atoms with E-state index in [1.807, 2.05) is 4.90 Å². The second-order valence-corrected chi connectivity index (χ2v) is 5.38. The van der Waals surface area contributed by atoms with E-state index in [2.05, 4.69) is 5.32 Å². The molecule has 2 fully saturated rings. The van der Waals surface area contributed by atoms with Gasteiger partial charge >= 0.3 is 6.09 Å². The highest BCUT2D eigenvalue weighted by atomic mass is 16.4. The lowest BCUT2D eigenvalue weighted by Crippen LogP contribution is -2.43. The van der Waals surface area contributed by atoms with Crippen molar-refractivity contribution in [3.63, 3.8) is 0 Å². The molecule has 1 heterocycles. The zero-order chi connectivity index (χ0) is 13.0. The van der Waals surface area contributed by atoms with Crippen molar-refractivity contribution in [2.45, 2.75) is 51.0 Å². The molecule has 1 aliphatic heterocycles. The fraction of sp³-hybridized carbons (Fsp3) is 0.846. The van der Waals surface area contributed by atoms with E-state index in [9.17, 15) is 9.59 Å². The minimum Gasteiger partial charge on any atom is -0.465 e. The van der Waals surface area contributed by atoms with E-state index in [0.717, 1.165) is 51.6 Å². The molecule has 5 nitrogen and oxygen atoms in total. The van der Waals surface area contributed by atoms with Crippen molar-refractivity contribution in [3.05, 3.63) is 0 Å². The third-order valence-electron chi connectivity index (χ3n) is 4.07. The van der Waals surface area contributed by atoms with Gasteiger partial charge in [-0.1, -0.05) is 0 Å². The van der Waals surface area contributed by atoms with Gasteiger partial charge in [0.1, 0.15) is 0 Å². The smallest absolute Gasteiger partial charge is 0.404 e. The number of amides is 2. The SMILES string of the molecule is O=C(O)NC1CCC(C(=O)N2CCCCC2)CC1. The molecule has 102 valence electrons. The zero-order valence-electron chi connectivity index (χ0n) is 10.7. The maximum atomic E-state index is 12.3. The Morgan fingerprint density at radius 2 is 1.61 bits per heavy atom. The number of rotatable bonds is 2. The molecule has 0 aromatic rings. The van der Waals surface area contributed by atoms with Gasteiger partial charge in [-0.3, -0.25) is 4.79 Å². The van der Waals surface area contributed by atoms with Gasteiger partial charge in [0.15, 0.2) is 0 Å². The van der Waals surface area contributed by atoms with E-state index in [1.54, 1.807) is 0 Å². The molecule has 18 heavy (non-hydrogen) atoms. The fourth-order valence-electron chi connectivity index (χ4n) is 3.03. The predicted octanol–water partition coefficient (Wildman–Crippen LogP) is 1.83. The highest BCUT2D eigenvalue weighted by Gasteiger charge is 2.30. The Kier molecular flexibility index (Phi) is 4.44. The number of piperidine rings is 1. The quantitative estimate of drug-likeness (QED) is 0.789. The lowest BCUT2D eigenvalue weighted by atomic mass is 9.85. The molecule has 5 heteroatoms. The van der Waals surface area contributed by atoms with Crippen LogP contribution in [-0.4, -0.2) is 41.1 Å². The van der Waals surface area contributed by atoms with E-state index in [1.165, 1.54) is 6.42 Å². The van der Waals surface area contributed by atoms with Gasteiger partial charge in [0.2, 0.25) is 5.91 Å². The van der Waals surface area contributed by atoms with Crippen LogP contribution < -0.4 is 5.32 Å². The van der Waals surface area contributed by atoms with Crippen LogP contribution in [0.2, 0.25) is 0 Å². The molecule has 0 bridgehead atoms. The van der Waals surface area contributed by atoms with Crippen LogP contribution in [0.25, 0.3) is 0 Å². The first kappa shape index (κ1) is 13.2. The van der Waals surface area contributed by atoms with Crippen LogP contribution in [0.4, 0.5) is 4.79 Å². The summed E-state index contributed by atoms with van der Waals surface area (Å²) < 4.78 is 0. The molecule has 0 spiro atoms. The van der Waals surface area contributed by atoms with Gasteiger partial charge in [0.25, 0.3) is 0 Å². The van der Waals surface area contributed by atoms with Gasteiger partial charge in [-0.2, -0.15) is 0 Å². The van der Waals surface area contributed by atoms with Crippen LogP contribution in [0.3, 0.4) is 0 Å². The minimum absolute atomic E-state index is 0.0351. The number of carboxylic acid groups (broad SMARTS) is 1. The van der Waals surface area contributed by atoms with Gasteiger partial charge < -0.3 is 15.3 Å². The molecule has 1 aliphatic carbocycles. The van der Waals surface area contributed by atoms with E-state index < -0.39 is 6.09 Å². The molecule has 2 N–H and O–H groups in total. The first-order valence-electron chi connectivity index (χ1n) is 6.95. The Balaban J connectivity index is 1.78. The summed E-state index contributed by atoms with van der Waals surface area (Å²) in [5, 5.41) is 11.2. The maximum absolute atomic E-state index is 12.3. The number of hydrogen-bond acceptors (Lipinski definition) is 2. The summed E-state index contributed by atoms with van der Waals surface area (Å²) in [6.45, 7) is 1.82. The fourth-order valence-corrected chi connectivity index (χ4v) is 3.03. The van der Waals surface area contributed by atoms with Crippen LogP contribution in [0, 0.1) is 5.92 Å². The van der Waals surface area contributed by atoms with E-state index in [0.29, 0.717) is 5.91 Å². The number of nitrogens with zero attached hydrogens (tertiary/aromatic N) is 1. The molecular formula is C13H22N2O3. The van der Waals surface area contributed by atoms with Gasteiger partial charge in [0, 0.05) is 25.0 Å². The average molecular weight is 254 g/mol. The predicted molar refractivity (Wildman–Crippen MR) is 67.3 cm³/mol. The highest BCUT2D eigenvalue weighted by Crippen LogP contribution is 2.27. The molecule has 0 unspecified atom stereocenters. The Morgan fingerprint density at radius 1 is 1.00 bits per heavy atom. The van der Waals surface area contributed by atoms with Crippen molar-refractivity contribution in [2.24, 2.45) is 5.92 Å². The lowest BCUT2D eigenvalue weighted by molar-refractivity contribution is -0.137. The van der Waals surface area contributed by atoms with Crippen molar-refractivity contribution < 1.29 is 14.7 Å². The van der Waals surface area contributed by atoms with Crippen LogP contribution >= 0.6 is 0 Å². The first-order chi connectivity index (χ1) is 8.66. The second kappa shape index (κ2) is 6.07. The Hall–Kier alpha value is -1.26. The molecule has 0 atom stereocenters. The van der Waals surface area contributed by atoms with E-state index in [-0.39, 0.29) is 12.0 Å². The number of hydrogen-bond donors (Lipinski definition) is 2. The number of nitrogens with one attached hydrogen (secondary N) is 1. The number of likely N-dealkylation sites (tertiary alicyclic amines) is 1. The topological polar surface area (TPSA) is 69.6 Å². The minimum atomic E-state index is -0.958. The van der Waals surface area contributed by atoms with E-state index >= 15 is 0 Å². The van der Waals surface area contributed by atoms with Gasteiger partial charge in [-0.25, -0.2) is 4.79 Å². The third-order valence-corrected chi connectivity index (χ3v) is 4.07. The molecular weight excluding hydrogens is 232 g/mol. The molecule has 2 amide bonds. The summed E-state index contributed by atoms with van der Waals surface area (Å²) in [5.74, 6) is 0.415. The lowest BCUT2D eigenvalue weighted by Gasteiger charge is -2.33. The van der Waals surface area contributed by atoms with Crippen LogP contribution in [0.15, 0.2) is 0 Å². The largest absolute Gasteiger partial charge is 0.465 e. The monoisotopic (exact) mass is 254 g/mol. The maximum Gasteiger partial charge on any atom is 0.404 e. The number of carbonyl (C=O) groups is 2. The third kappa shape index (κ3) is 3.37. The standard InChI is InChI=1S/C13H22N2O3/c16-12(15-8-2-1-3-9-15)10-4-6-11(7-5-10)14-13(17)18/h10-11,14H,1-9H2,(H,17,18). The van der Waals surface area contributed by atoms with Crippen LogP contribution in [-0.2, 0) is 4.79 Å². The zero-order valence-corrected chi connectivity index (χ0v) is 10.7. The highest BCUT2D eigenvalue weighted by molar-refractivity contribution is 5.79. The molecule has 1 saturated carbocycles. The summed E-state index contributed by atoms with van der Waals surface area (Å²) in [6.07, 6.45) is 5.75. The Labute approximate surface area is 108 Å². The summed E-state index contributed by atoms with van der Waals surface area (Å²) in [6, 6.07) is 0.0351. The van der Waals surface area contributed by atoms with Gasteiger partial charge in [-0.15, -0.1) is 0 Å². The molecule has 0 aromatic carbocycles. The first-order valence-corrected chi connectivity index (χ1v) is 6.95. The number of carbonyl (C=O) groups excluding carboxylic acids is 1. The van der Waals surface area contributed by atoms with Crippen molar-refractivity contribution in [1.29, 1.82) is 0 Å². The van der Waals surface area contributed by atoms with Crippen molar-refractivity contribution in [2.75, 3.05) is 13.1 Å². The molecule has 1 saturated heterocycles. The molecule has 2 aliphatic rings. The van der Waals surface area contributed by atoms with Crippen LogP contribution in [0.5, 0.6) is 0 Å². The molecule has 0 aromatic heterocycles. The van der Waals surface area contributed by atoms with Crippen molar-refractivity contribution in [1.82, 2.24) is 10.2 Å². The van der Waals surface area contributed by atoms with E-state index in [4.69, 9.17) is 5.11 Å².